The molecule has 41 heavy (non-hydrogen) atoms. The molecule has 0 heterocycles. The molecule has 0 saturated carbocycles. The van der Waals surface area contributed by atoms with Gasteiger partial charge in [0.15, 0.2) is 0 Å². The highest BCUT2D eigenvalue weighted by molar-refractivity contribution is 6.00. The predicted octanol–water partition coefficient (Wildman–Crippen LogP) is 9.59. The highest BCUT2D eigenvalue weighted by Gasteiger charge is 2.53. The molecule has 0 aromatic heterocycles. The second kappa shape index (κ2) is 7.65. The van der Waals surface area contributed by atoms with Crippen molar-refractivity contribution in [2.45, 2.75) is 24.7 Å². The molecule has 0 amide bonds. The average molecular weight is 524 g/mol. The van der Waals surface area contributed by atoms with E-state index in [1.165, 1.54) is 77.9 Å². The lowest BCUT2D eigenvalue weighted by Gasteiger charge is -2.33. The second-order valence-electron chi connectivity index (χ2n) is 12.3. The van der Waals surface area contributed by atoms with Crippen molar-refractivity contribution in [3.8, 4) is 44.5 Å². The molecule has 0 aliphatic heterocycles. The molecule has 1 heteroatoms. The van der Waals surface area contributed by atoms with Gasteiger partial charge in [-0.25, -0.2) is 0 Å². The Morgan fingerprint density at radius 3 is 1.59 bits per heavy atom. The maximum Gasteiger partial charge on any atom is 0.0751 e. The number of hydrogen-bond acceptors (Lipinski definition) is 1. The minimum Gasteiger partial charge on any atom is -0.398 e. The van der Waals surface area contributed by atoms with E-state index in [1.54, 1.807) is 0 Å². The molecule has 3 aliphatic carbocycles. The van der Waals surface area contributed by atoms with Gasteiger partial charge in [-0.2, -0.15) is 0 Å². The van der Waals surface area contributed by atoms with Gasteiger partial charge in [-0.15, -0.1) is 0 Å². The first-order chi connectivity index (χ1) is 20.0. The topological polar surface area (TPSA) is 26.0 Å². The van der Waals surface area contributed by atoms with Crippen LogP contribution >= 0.6 is 0 Å². The van der Waals surface area contributed by atoms with E-state index < -0.39 is 5.41 Å². The first-order valence-corrected chi connectivity index (χ1v) is 14.5. The summed E-state index contributed by atoms with van der Waals surface area (Å²) in [5.74, 6) is 0. The summed E-state index contributed by atoms with van der Waals surface area (Å²) in [4.78, 5) is 0. The van der Waals surface area contributed by atoms with Gasteiger partial charge in [0.25, 0.3) is 0 Å². The van der Waals surface area contributed by atoms with Gasteiger partial charge < -0.3 is 5.73 Å². The molecule has 0 bridgehead atoms. The highest BCUT2D eigenvalue weighted by atomic mass is 14.6. The number of nitrogens with two attached hydrogens (primary N) is 1. The highest BCUT2D eigenvalue weighted by Crippen LogP contribution is 2.65. The number of anilines is 1. The quantitative estimate of drug-likeness (QED) is 0.213. The zero-order valence-corrected chi connectivity index (χ0v) is 23.2. The van der Waals surface area contributed by atoms with Crippen molar-refractivity contribution >= 4 is 5.69 Å². The Balaban J connectivity index is 1.40. The normalized spacial score (nSPS) is 17.9. The third-order valence-electron chi connectivity index (χ3n) is 10.0. The number of benzene rings is 6. The fourth-order valence-electron chi connectivity index (χ4n) is 8.41. The van der Waals surface area contributed by atoms with Crippen LogP contribution in [0.25, 0.3) is 44.5 Å². The van der Waals surface area contributed by atoms with Crippen LogP contribution in [-0.2, 0) is 10.8 Å². The molecule has 6 aromatic rings. The van der Waals surface area contributed by atoms with Crippen LogP contribution < -0.4 is 5.73 Å². The fraction of sp³-hybridized carbons (Fsp3) is 0.100. The molecule has 1 unspecified atom stereocenters. The molecule has 0 fully saturated rings. The molecule has 3 aliphatic rings. The van der Waals surface area contributed by atoms with Gasteiger partial charge in [0.1, 0.15) is 0 Å². The van der Waals surface area contributed by atoms with Gasteiger partial charge in [-0.3, -0.25) is 0 Å². The molecule has 0 radical (unpaired) electrons. The summed E-state index contributed by atoms with van der Waals surface area (Å²) >= 11 is 0. The Morgan fingerprint density at radius 1 is 0.415 bits per heavy atom. The van der Waals surface area contributed by atoms with Crippen LogP contribution in [0.1, 0.15) is 47.2 Å². The SMILES string of the molecule is CC1(C)c2ccccc2-c2ccc(-c3cccc4c3C3(c5ccccc5-c5cccc(N)c53)c3ccccc3-4)cc21. The molecular weight excluding hydrogens is 494 g/mol. The molecule has 1 nitrogen and oxygen atoms in total. The first kappa shape index (κ1) is 22.9. The number of fused-ring (bicyclic) bond motifs is 13. The van der Waals surface area contributed by atoms with Crippen LogP contribution in [-0.4, -0.2) is 0 Å². The smallest absolute Gasteiger partial charge is 0.0751 e. The third-order valence-corrected chi connectivity index (χ3v) is 10.0. The van der Waals surface area contributed by atoms with Gasteiger partial charge in [0.05, 0.1) is 5.41 Å². The largest absolute Gasteiger partial charge is 0.398 e. The second-order valence-corrected chi connectivity index (χ2v) is 12.3. The monoisotopic (exact) mass is 523 g/mol. The van der Waals surface area contributed by atoms with E-state index in [4.69, 9.17) is 5.73 Å². The molecule has 6 aromatic carbocycles. The van der Waals surface area contributed by atoms with Gasteiger partial charge in [-0.05, 0) is 84.5 Å². The van der Waals surface area contributed by atoms with Gasteiger partial charge in [-0.1, -0.05) is 129 Å². The summed E-state index contributed by atoms with van der Waals surface area (Å²) in [6.45, 7) is 4.72. The zero-order chi connectivity index (χ0) is 27.5. The Morgan fingerprint density at radius 2 is 0.902 bits per heavy atom. The summed E-state index contributed by atoms with van der Waals surface area (Å²) in [7, 11) is 0. The van der Waals surface area contributed by atoms with Crippen LogP contribution in [0.5, 0.6) is 0 Å². The Labute approximate surface area is 240 Å². The summed E-state index contributed by atoms with van der Waals surface area (Å²) in [5.41, 5.74) is 25.6. The Hall–Kier alpha value is -4.88. The molecule has 1 atom stereocenters. The van der Waals surface area contributed by atoms with Crippen molar-refractivity contribution in [2.75, 3.05) is 5.73 Å². The van der Waals surface area contributed by atoms with E-state index in [1.807, 2.05) is 0 Å². The summed E-state index contributed by atoms with van der Waals surface area (Å²) in [6, 6.07) is 47.2. The van der Waals surface area contributed by atoms with Crippen molar-refractivity contribution in [3.05, 3.63) is 161 Å². The van der Waals surface area contributed by atoms with Crippen molar-refractivity contribution in [3.63, 3.8) is 0 Å². The lowest BCUT2D eigenvalue weighted by molar-refractivity contribution is 0.660. The Bertz CT molecular complexity index is 2080. The van der Waals surface area contributed by atoms with E-state index in [9.17, 15) is 0 Å². The van der Waals surface area contributed by atoms with Crippen molar-refractivity contribution in [1.82, 2.24) is 0 Å². The molecule has 0 saturated heterocycles. The van der Waals surface area contributed by atoms with Crippen LogP contribution in [0.15, 0.2) is 127 Å². The molecule has 194 valence electrons. The summed E-state index contributed by atoms with van der Waals surface area (Å²) in [5, 5.41) is 0. The van der Waals surface area contributed by atoms with E-state index in [2.05, 4.69) is 141 Å². The number of nitrogen functional groups attached to an aromatic ring is 1. The van der Waals surface area contributed by atoms with Crippen LogP contribution in [0.3, 0.4) is 0 Å². The van der Waals surface area contributed by atoms with Crippen LogP contribution in [0, 0.1) is 0 Å². The molecule has 2 N–H and O–H groups in total. The zero-order valence-electron chi connectivity index (χ0n) is 23.2. The van der Waals surface area contributed by atoms with E-state index in [0.29, 0.717) is 0 Å². The minimum absolute atomic E-state index is 0.0580. The lowest BCUT2D eigenvalue weighted by Crippen LogP contribution is -2.27. The standard InChI is InChI=1S/C40H29N/c1-39(2)32-17-6-3-11-26(32)29-22-21-24(23-35(29)39)25-14-9-15-30-27-12-4-7-18-33(27)40(37(25)30)34-19-8-5-13-28(34)31-16-10-20-36(41)38(31)40/h3-23H,41H2,1-2H3. The average Bonchev–Trinajstić information content (AvgIpc) is 3.57. The summed E-state index contributed by atoms with van der Waals surface area (Å²) < 4.78 is 0. The lowest BCUT2D eigenvalue weighted by atomic mass is 9.68. The van der Waals surface area contributed by atoms with E-state index in [-0.39, 0.29) is 5.41 Å². The van der Waals surface area contributed by atoms with E-state index >= 15 is 0 Å². The van der Waals surface area contributed by atoms with Gasteiger partial charge in [0.2, 0.25) is 0 Å². The van der Waals surface area contributed by atoms with Crippen molar-refractivity contribution < 1.29 is 0 Å². The number of rotatable bonds is 1. The van der Waals surface area contributed by atoms with E-state index in [0.717, 1.165) is 5.69 Å². The molecule has 1 spiro atoms. The number of hydrogen-bond donors (Lipinski definition) is 1. The predicted molar refractivity (Wildman–Crippen MR) is 170 cm³/mol. The van der Waals surface area contributed by atoms with Crippen molar-refractivity contribution in [1.29, 1.82) is 0 Å². The fourth-order valence-corrected chi connectivity index (χ4v) is 8.41. The molecule has 9 rings (SSSR count). The summed E-state index contributed by atoms with van der Waals surface area (Å²) in [6.07, 6.45) is 0. The van der Waals surface area contributed by atoms with Crippen LogP contribution in [0.4, 0.5) is 5.69 Å². The maximum atomic E-state index is 6.97. The van der Waals surface area contributed by atoms with Crippen LogP contribution in [0.2, 0.25) is 0 Å². The van der Waals surface area contributed by atoms with Gasteiger partial charge >= 0.3 is 0 Å². The maximum absolute atomic E-state index is 6.97. The molecular formula is C40H29N. The van der Waals surface area contributed by atoms with Crippen molar-refractivity contribution in [2.24, 2.45) is 0 Å². The third kappa shape index (κ3) is 2.63. The Kier molecular flexibility index (Phi) is 4.27. The minimum atomic E-state index is -0.475. The van der Waals surface area contributed by atoms with Gasteiger partial charge in [0, 0.05) is 16.7 Å². The first-order valence-electron chi connectivity index (χ1n) is 14.5.